The second kappa shape index (κ2) is 9.54. The predicted octanol–water partition coefficient (Wildman–Crippen LogP) is 2.00. The van der Waals surface area contributed by atoms with Crippen molar-refractivity contribution in [3.05, 3.63) is 60.2 Å². The van der Waals surface area contributed by atoms with E-state index in [1.165, 1.54) is 0 Å². The fourth-order valence-electron chi connectivity index (χ4n) is 2.41. The van der Waals surface area contributed by atoms with Crippen LogP contribution in [0.3, 0.4) is 0 Å². The molecule has 0 aliphatic carbocycles. The molecule has 0 spiro atoms. The molecule has 0 bridgehead atoms. The van der Waals surface area contributed by atoms with Gasteiger partial charge in [-0.3, -0.25) is 9.87 Å². The lowest BCUT2D eigenvalue weighted by molar-refractivity contribution is 0.0347. The van der Waals surface area contributed by atoms with Crippen LogP contribution >= 0.6 is 0 Å². The van der Waals surface area contributed by atoms with Crippen LogP contribution in [0, 0.1) is 0 Å². The average molecular weight is 381 g/mol. The Hall–Kier alpha value is -2.13. The standard InChI is InChI=1S/C18H23NO6S/c1-2-24-16-10-6-7-11-17(16)25-18(14-8-4-3-5-9-14)15(20)12-19-13-26(21,22)23/h3-11,15,18-20H,2,12-13H2,1H3,(H,21,22,23). The fraction of sp³-hybridized carbons (Fsp3) is 0.333. The van der Waals surface area contributed by atoms with Crippen LogP contribution in [0.1, 0.15) is 18.6 Å². The van der Waals surface area contributed by atoms with Crippen molar-refractivity contribution in [1.29, 1.82) is 0 Å². The summed E-state index contributed by atoms with van der Waals surface area (Å²) >= 11 is 0. The zero-order valence-corrected chi connectivity index (χ0v) is 15.2. The third-order valence-corrected chi connectivity index (χ3v) is 4.09. The molecule has 26 heavy (non-hydrogen) atoms. The molecule has 0 saturated heterocycles. The molecule has 8 heteroatoms. The number of aliphatic hydroxyl groups is 1. The van der Waals surface area contributed by atoms with Crippen LogP contribution in [0.5, 0.6) is 11.5 Å². The van der Waals surface area contributed by atoms with Gasteiger partial charge in [-0.25, -0.2) is 0 Å². The Labute approximate surface area is 153 Å². The van der Waals surface area contributed by atoms with Gasteiger partial charge in [-0.1, -0.05) is 42.5 Å². The molecule has 0 heterocycles. The van der Waals surface area contributed by atoms with Crippen molar-refractivity contribution >= 4 is 10.1 Å². The lowest BCUT2D eigenvalue weighted by Crippen LogP contribution is -2.36. The Balaban J connectivity index is 2.19. The van der Waals surface area contributed by atoms with Crippen LogP contribution in [0.4, 0.5) is 0 Å². The Morgan fingerprint density at radius 1 is 1.04 bits per heavy atom. The summed E-state index contributed by atoms with van der Waals surface area (Å²) in [6.45, 7) is 2.24. The molecule has 0 radical (unpaired) electrons. The van der Waals surface area contributed by atoms with E-state index >= 15 is 0 Å². The van der Waals surface area contributed by atoms with Crippen LogP contribution in [0.15, 0.2) is 54.6 Å². The summed E-state index contributed by atoms with van der Waals surface area (Å²) in [6, 6.07) is 16.2. The number of nitrogens with one attached hydrogen (secondary N) is 1. The molecule has 2 aromatic rings. The third kappa shape index (κ3) is 6.30. The van der Waals surface area contributed by atoms with Crippen molar-refractivity contribution < 1.29 is 27.6 Å². The molecule has 0 aliphatic rings. The number of aliphatic hydroxyl groups excluding tert-OH is 1. The van der Waals surface area contributed by atoms with Crippen LogP contribution in [-0.4, -0.2) is 43.2 Å². The zero-order valence-electron chi connectivity index (χ0n) is 14.4. The summed E-state index contributed by atoms with van der Waals surface area (Å²) < 4.78 is 42.0. The number of para-hydroxylation sites is 2. The van der Waals surface area contributed by atoms with E-state index in [1.807, 2.05) is 31.2 Å². The minimum atomic E-state index is -4.17. The summed E-state index contributed by atoms with van der Waals surface area (Å²) in [6.07, 6.45) is -1.82. The molecular formula is C18H23NO6S. The molecule has 142 valence electrons. The monoisotopic (exact) mass is 381 g/mol. The first-order valence-corrected chi connectivity index (χ1v) is 9.79. The minimum Gasteiger partial charge on any atom is -0.490 e. The van der Waals surface area contributed by atoms with Gasteiger partial charge in [0.1, 0.15) is 12.0 Å². The summed E-state index contributed by atoms with van der Waals surface area (Å²) in [4.78, 5) is 0. The Kier molecular flexibility index (Phi) is 7.40. The summed E-state index contributed by atoms with van der Waals surface area (Å²) in [5.41, 5.74) is 0.722. The topological polar surface area (TPSA) is 105 Å². The number of hydrogen-bond donors (Lipinski definition) is 3. The maximum atomic E-state index is 10.8. The highest BCUT2D eigenvalue weighted by atomic mass is 32.2. The average Bonchev–Trinajstić information content (AvgIpc) is 2.60. The largest absolute Gasteiger partial charge is 0.490 e. The molecule has 2 unspecified atom stereocenters. The van der Waals surface area contributed by atoms with Crippen molar-refractivity contribution in [2.24, 2.45) is 0 Å². The third-order valence-electron chi connectivity index (χ3n) is 3.52. The second-order valence-electron chi connectivity index (χ2n) is 5.58. The summed E-state index contributed by atoms with van der Waals surface area (Å²) in [5.74, 6) is 0.368. The maximum Gasteiger partial charge on any atom is 0.278 e. The van der Waals surface area contributed by atoms with Crippen molar-refractivity contribution in [2.75, 3.05) is 19.0 Å². The predicted molar refractivity (Wildman–Crippen MR) is 97.8 cm³/mol. The number of rotatable bonds is 10. The molecule has 3 N–H and O–H groups in total. The summed E-state index contributed by atoms with van der Waals surface area (Å²) in [5, 5.41) is 13.0. The molecule has 0 aromatic heterocycles. The Bertz CT molecular complexity index is 781. The molecule has 2 rings (SSSR count). The highest BCUT2D eigenvalue weighted by molar-refractivity contribution is 7.85. The summed E-state index contributed by atoms with van der Waals surface area (Å²) in [7, 11) is -4.17. The van der Waals surface area contributed by atoms with E-state index in [-0.39, 0.29) is 6.54 Å². The van der Waals surface area contributed by atoms with E-state index in [1.54, 1.807) is 30.3 Å². The first-order chi connectivity index (χ1) is 12.4. The number of ether oxygens (including phenoxy) is 2. The number of hydrogen-bond acceptors (Lipinski definition) is 6. The first-order valence-electron chi connectivity index (χ1n) is 8.18. The lowest BCUT2D eigenvalue weighted by Gasteiger charge is -2.26. The van der Waals surface area contributed by atoms with Gasteiger partial charge in [0, 0.05) is 6.54 Å². The van der Waals surface area contributed by atoms with Gasteiger partial charge in [0.2, 0.25) is 0 Å². The highest BCUT2D eigenvalue weighted by Gasteiger charge is 2.24. The van der Waals surface area contributed by atoms with E-state index < -0.39 is 28.2 Å². The van der Waals surface area contributed by atoms with E-state index in [2.05, 4.69) is 5.32 Å². The molecule has 0 saturated carbocycles. The van der Waals surface area contributed by atoms with E-state index in [0.717, 1.165) is 5.56 Å². The molecule has 0 fully saturated rings. The second-order valence-corrected chi connectivity index (χ2v) is 7.03. The van der Waals surface area contributed by atoms with Gasteiger partial charge in [0.05, 0.1) is 6.61 Å². The van der Waals surface area contributed by atoms with Gasteiger partial charge >= 0.3 is 0 Å². The lowest BCUT2D eigenvalue weighted by atomic mass is 10.0. The normalized spacial score (nSPS) is 13.8. The van der Waals surface area contributed by atoms with Crippen LogP contribution < -0.4 is 14.8 Å². The molecular weight excluding hydrogens is 358 g/mol. The van der Waals surface area contributed by atoms with Gasteiger partial charge in [-0.2, -0.15) is 8.42 Å². The fourth-order valence-corrected chi connectivity index (χ4v) is 2.79. The quantitative estimate of drug-likeness (QED) is 0.541. The van der Waals surface area contributed by atoms with Gasteiger partial charge in [-0.15, -0.1) is 0 Å². The maximum absolute atomic E-state index is 10.8. The van der Waals surface area contributed by atoms with Crippen molar-refractivity contribution in [1.82, 2.24) is 5.32 Å². The highest BCUT2D eigenvalue weighted by Crippen LogP contribution is 2.32. The molecule has 7 nitrogen and oxygen atoms in total. The van der Waals surface area contributed by atoms with E-state index in [4.69, 9.17) is 14.0 Å². The van der Waals surface area contributed by atoms with Crippen LogP contribution in [0.2, 0.25) is 0 Å². The first kappa shape index (κ1) is 20.2. The van der Waals surface area contributed by atoms with Gasteiger partial charge in [-0.05, 0) is 24.6 Å². The van der Waals surface area contributed by atoms with Crippen LogP contribution in [-0.2, 0) is 10.1 Å². The van der Waals surface area contributed by atoms with Gasteiger partial charge < -0.3 is 14.6 Å². The smallest absolute Gasteiger partial charge is 0.278 e. The van der Waals surface area contributed by atoms with E-state index in [9.17, 15) is 13.5 Å². The van der Waals surface area contributed by atoms with Crippen LogP contribution in [0.25, 0.3) is 0 Å². The van der Waals surface area contributed by atoms with Crippen molar-refractivity contribution in [3.63, 3.8) is 0 Å². The molecule has 2 atom stereocenters. The Morgan fingerprint density at radius 3 is 2.27 bits per heavy atom. The van der Waals surface area contributed by atoms with E-state index in [0.29, 0.717) is 18.1 Å². The Morgan fingerprint density at radius 2 is 1.65 bits per heavy atom. The van der Waals surface area contributed by atoms with Gasteiger partial charge in [0.15, 0.2) is 17.6 Å². The molecule has 2 aromatic carbocycles. The molecule has 0 amide bonds. The van der Waals surface area contributed by atoms with Crippen molar-refractivity contribution in [2.45, 2.75) is 19.1 Å². The van der Waals surface area contributed by atoms with Crippen molar-refractivity contribution in [3.8, 4) is 11.5 Å². The minimum absolute atomic E-state index is 0.0872. The SMILES string of the molecule is CCOc1ccccc1OC(c1ccccc1)C(O)CNCS(=O)(=O)O. The van der Waals surface area contributed by atoms with Gasteiger partial charge in [0.25, 0.3) is 10.1 Å². The molecule has 0 aliphatic heterocycles. The zero-order chi connectivity index (χ0) is 19.0. The number of benzene rings is 2.